The minimum atomic E-state index is -0.579. The number of para-hydroxylation sites is 3. The molecule has 0 fully saturated rings. The molecule has 0 saturated heterocycles. The number of hydrogen-bond donors (Lipinski definition) is 2. The highest BCUT2D eigenvalue weighted by molar-refractivity contribution is 5.94. The predicted molar refractivity (Wildman–Crippen MR) is 115 cm³/mol. The Hall–Kier alpha value is -3.60. The van der Waals surface area contributed by atoms with Crippen molar-refractivity contribution in [3.05, 3.63) is 90.3 Å². The maximum absolute atomic E-state index is 12.3. The summed E-state index contributed by atoms with van der Waals surface area (Å²) < 4.78 is 5.66. The number of aryl methyl sites for hydroxylation is 2. The van der Waals surface area contributed by atoms with Gasteiger partial charge in [-0.3, -0.25) is 4.79 Å². The van der Waals surface area contributed by atoms with Crippen LogP contribution in [0.1, 0.15) is 18.3 Å². The van der Waals surface area contributed by atoms with Crippen molar-refractivity contribution in [2.24, 2.45) is 0 Å². The number of ether oxygens (including phenoxy) is 1. The lowest BCUT2D eigenvalue weighted by Crippen LogP contribution is -2.30. The number of nitrogens with zero attached hydrogens (tertiary/aromatic N) is 1. The summed E-state index contributed by atoms with van der Waals surface area (Å²) in [7, 11) is 0. The molecule has 4 aromatic rings. The van der Waals surface area contributed by atoms with Gasteiger partial charge in [0.15, 0.2) is 6.10 Å². The second-order valence-electron chi connectivity index (χ2n) is 6.96. The number of aromatic nitrogens is 2. The summed E-state index contributed by atoms with van der Waals surface area (Å²) in [6.07, 6.45) is 1.13. The molecule has 0 aliphatic carbocycles. The lowest BCUT2D eigenvalue weighted by molar-refractivity contribution is -0.122. The zero-order valence-corrected chi connectivity index (χ0v) is 16.3. The number of anilines is 1. The van der Waals surface area contributed by atoms with Crippen LogP contribution < -0.4 is 10.1 Å². The Morgan fingerprint density at radius 3 is 2.45 bits per heavy atom. The normalized spacial score (nSPS) is 11.9. The molecule has 0 spiro atoms. The van der Waals surface area contributed by atoms with E-state index in [1.54, 1.807) is 6.92 Å². The summed E-state index contributed by atoms with van der Waals surface area (Å²) >= 11 is 0. The van der Waals surface area contributed by atoms with Gasteiger partial charge in [-0.2, -0.15) is 0 Å². The van der Waals surface area contributed by atoms with Gasteiger partial charge >= 0.3 is 0 Å². The van der Waals surface area contributed by atoms with E-state index in [-0.39, 0.29) is 5.91 Å². The van der Waals surface area contributed by atoms with Crippen LogP contribution in [0.15, 0.2) is 78.9 Å². The van der Waals surface area contributed by atoms with Crippen molar-refractivity contribution in [3.8, 4) is 5.75 Å². The molecule has 1 heterocycles. The van der Waals surface area contributed by atoms with Crippen LogP contribution >= 0.6 is 0 Å². The van der Waals surface area contributed by atoms with Crippen LogP contribution in [0.5, 0.6) is 5.75 Å². The molecule has 5 nitrogen and oxygen atoms in total. The number of amides is 1. The van der Waals surface area contributed by atoms with Crippen molar-refractivity contribution >= 4 is 22.6 Å². The van der Waals surface area contributed by atoms with Gasteiger partial charge in [0.05, 0.1) is 11.0 Å². The van der Waals surface area contributed by atoms with Crippen molar-refractivity contribution in [2.45, 2.75) is 25.9 Å². The number of rotatable bonds is 7. The van der Waals surface area contributed by atoms with Crippen molar-refractivity contribution in [2.75, 3.05) is 5.32 Å². The molecule has 4 rings (SSSR count). The molecule has 2 N–H and O–H groups in total. The van der Waals surface area contributed by atoms with Crippen LogP contribution in [0.4, 0.5) is 5.69 Å². The molecule has 146 valence electrons. The number of hydrogen-bond acceptors (Lipinski definition) is 3. The number of fused-ring (bicyclic) bond motifs is 1. The van der Waals surface area contributed by atoms with E-state index in [2.05, 4.69) is 15.3 Å². The molecular formula is C24H23N3O2. The third-order valence-corrected chi connectivity index (χ3v) is 4.74. The van der Waals surface area contributed by atoms with Crippen LogP contribution in [0.25, 0.3) is 11.0 Å². The first-order chi connectivity index (χ1) is 14.2. The van der Waals surface area contributed by atoms with E-state index < -0.39 is 6.10 Å². The lowest BCUT2D eigenvalue weighted by atomic mass is 10.1. The van der Waals surface area contributed by atoms with Crippen LogP contribution in [0.3, 0.4) is 0 Å². The largest absolute Gasteiger partial charge is 0.481 e. The van der Waals surface area contributed by atoms with Crippen LogP contribution in [-0.2, 0) is 17.6 Å². The maximum Gasteiger partial charge on any atom is 0.265 e. The van der Waals surface area contributed by atoms with E-state index in [1.165, 1.54) is 5.56 Å². The van der Waals surface area contributed by atoms with Gasteiger partial charge in [0.25, 0.3) is 5.91 Å². The molecule has 0 radical (unpaired) electrons. The van der Waals surface area contributed by atoms with E-state index in [0.717, 1.165) is 35.4 Å². The quantitative estimate of drug-likeness (QED) is 0.482. The standard InChI is InChI=1S/C24H23N3O2/c1-17(29-20-7-3-2-4-8-20)24(28)25-19-14-11-18(12-15-19)13-16-23-26-21-9-5-6-10-22(21)27-23/h2-12,14-15,17H,13,16H2,1H3,(H,25,28)(H,26,27)/t17-/m1/s1. The lowest BCUT2D eigenvalue weighted by Gasteiger charge is -2.14. The summed E-state index contributed by atoms with van der Waals surface area (Å²) in [5, 5.41) is 2.90. The molecule has 1 atom stereocenters. The number of imidazole rings is 1. The first kappa shape index (κ1) is 18.7. The third kappa shape index (κ3) is 4.82. The zero-order chi connectivity index (χ0) is 20.1. The molecule has 0 bridgehead atoms. The Bertz CT molecular complexity index is 1060. The van der Waals surface area contributed by atoms with E-state index in [4.69, 9.17) is 4.74 Å². The van der Waals surface area contributed by atoms with Crippen LogP contribution in [-0.4, -0.2) is 22.0 Å². The zero-order valence-electron chi connectivity index (χ0n) is 16.3. The highest BCUT2D eigenvalue weighted by Crippen LogP contribution is 2.16. The predicted octanol–water partition coefficient (Wildman–Crippen LogP) is 4.75. The number of benzene rings is 3. The van der Waals surface area contributed by atoms with E-state index in [9.17, 15) is 4.79 Å². The van der Waals surface area contributed by atoms with Crippen molar-refractivity contribution in [3.63, 3.8) is 0 Å². The summed E-state index contributed by atoms with van der Waals surface area (Å²) in [6.45, 7) is 1.74. The number of aromatic amines is 1. The van der Waals surface area contributed by atoms with Crippen LogP contribution in [0, 0.1) is 0 Å². The molecule has 5 heteroatoms. The molecule has 29 heavy (non-hydrogen) atoms. The van der Waals surface area contributed by atoms with Gasteiger partial charge in [-0.25, -0.2) is 4.98 Å². The summed E-state index contributed by atoms with van der Waals surface area (Å²) in [5.41, 5.74) is 4.00. The minimum absolute atomic E-state index is 0.177. The second kappa shape index (κ2) is 8.61. The van der Waals surface area contributed by atoms with Crippen LogP contribution in [0.2, 0.25) is 0 Å². The van der Waals surface area contributed by atoms with Gasteiger partial charge in [0.1, 0.15) is 11.6 Å². The highest BCUT2D eigenvalue weighted by Gasteiger charge is 2.14. The third-order valence-electron chi connectivity index (χ3n) is 4.74. The number of H-pyrrole nitrogens is 1. The van der Waals surface area contributed by atoms with E-state index in [1.807, 2.05) is 78.9 Å². The van der Waals surface area contributed by atoms with Crippen molar-refractivity contribution in [1.29, 1.82) is 0 Å². The molecule has 0 aliphatic heterocycles. The van der Waals surface area contributed by atoms with Gasteiger partial charge in [-0.1, -0.05) is 42.5 Å². The molecular weight excluding hydrogens is 362 g/mol. The molecule has 1 amide bonds. The van der Waals surface area contributed by atoms with Crippen molar-refractivity contribution < 1.29 is 9.53 Å². The summed E-state index contributed by atoms with van der Waals surface area (Å²) in [6, 6.07) is 25.3. The monoisotopic (exact) mass is 385 g/mol. The fraction of sp³-hybridized carbons (Fsp3) is 0.167. The van der Waals surface area contributed by atoms with E-state index in [0.29, 0.717) is 5.75 Å². The fourth-order valence-electron chi connectivity index (χ4n) is 3.14. The molecule has 1 aromatic heterocycles. The number of carbonyl (C=O) groups is 1. The SMILES string of the molecule is C[C@@H](Oc1ccccc1)C(=O)Nc1ccc(CCc2nc3ccccc3[nH]2)cc1. The Labute approximate surface area is 169 Å². The fourth-order valence-corrected chi connectivity index (χ4v) is 3.14. The van der Waals surface area contributed by atoms with E-state index >= 15 is 0 Å². The van der Waals surface area contributed by atoms with Gasteiger partial charge in [-0.15, -0.1) is 0 Å². The Morgan fingerprint density at radius 2 is 1.69 bits per heavy atom. The topological polar surface area (TPSA) is 67.0 Å². The average Bonchev–Trinajstić information content (AvgIpc) is 3.17. The Morgan fingerprint density at radius 1 is 0.966 bits per heavy atom. The smallest absolute Gasteiger partial charge is 0.265 e. The maximum atomic E-state index is 12.3. The van der Waals surface area contributed by atoms with Gasteiger partial charge in [0.2, 0.25) is 0 Å². The highest BCUT2D eigenvalue weighted by atomic mass is 16.5. The Kier molecular flexibility index (Phi) is 5.56. The first-order valence-corrected chi connectivity index (χ1v) is 9.72. The second-order valence-corrected chi connectivity index (χ2v) is 6.96. The number of carbonyl (C=O) groups excluding carboxylic acids is 1. The molecule has 0 unspecified atom stereocenters. The van der Waals surface area contributed by atoms with Crippen molar-refractivity contribution in [1.82, 2.24) is 9.97 Å². The average molecular weight is 385 g/mol. The molecule has 3 aromatic carbocycles. The number of nitrogens with one attached hydrogen (secondary N) is 2. The summed E-state index contributed by atoms with van der Waals surface area (Å²) in [4.78, 5) is 20.3. The van der Waals surface area contributed by atoms with Gasteiger partial charge in [-0.05, 0) is 55.3 Å². The van der Waals surface area contributed by atoms with Gasteiger partial charge in [0, 0.05) is 12.1 Å². The molecule has 0 aliphatic rings. The first-order valence-electron chi connectivity index (χ1n) is 9.72. The molecule has 0 saturated carbocycles. The Balaban J connectivity index is 1.30. The van der Waals surface area contributed by atoms with Gasteiger partial charge < -0.3 is 15.0 Å². The summed E-state index contributed by atoms with van der Waals surface area (Å²) in [5.74, 6) is 1.48. The minimum Gasteiger partial charge on any atom is -0.481 e.